The Balaban J connectivity index is 1.74. The van der Waals surface area contributed by atoms with Crippen LogP contribution in [0.1, 0.15) is 50.3 Å². The standard InChI is InChI=1S/C29H22N2O4/c1-29(2,3)27-15-21(23(16-30)17-31)13-25(34-27)9-8-19-10-22-11-20-12-24(32)7-5-4-6-18(20)14-26(22)35-28(19)33/h8-11,13-15H,5,7,12H2,1-3H3/b9-8+. The Morgan fingerprint density at radius 2 is 1.86 bits per heavy atom. The molecule has 0 unspecified atom stereocenters. The van der Waals surface area contributed by atoms with Crippen molar-refractivity contribution < 1.29 is 13.9 Å². The summed E-state index contributed by atoms with van der Waals surface area (Å²) in [5.41, 5.74) is 1.73. The van der Waals surface area contributed by atoms with Crippen molar-refractivity contribution in [2.24, 2.45) is 5.41 Å². The first kappa shape index (κ1) is 23.6. The molecule has 2 aromatic rings. The lowest BCUT2D eigenvalue weighted by molar-refractivity contribution is -0.118. The summed E-state index contributed by atoms with van der Waals surface area (Å²) >= 11 is 0. The second-order valence-electron chi connectivity index (χ2n) is 9.35. The van der Waals surface area contributed by atoms with E-state index in [9.17, 15) is 20.1 Å². The first-order valence-corrected chi connectivity index (χ1v) is 11.1. The number of benzene rings is 1. The molecule has 0 fully saturated rings. The van der Waals surface area contributed by atoms with E-state index < -0.39 is 5.63 Å². The zero-order valence-electron chi connectivity index (χ0n) is 19.7. The van der Waals surface area contributed by atoms with Crippen LogP contribution in [-0.2, 0) is 16.0 Å². The molecule has 2 heterocycles. The lowest BCUT2D eigenvalue weighted by Gasteiger charge is -2.26. The summed E-state index contributed by atoms with van der Waals surface area (Å²) < 4.78 is 11.5. The molecule has 172 valence electrons. The molecular weight excluding hydrogens is 440 g/mol. The molecule has 1 aromatic carbocycles. The normalized spacial score (nSPS) is 15.5. The number of hydrogen-bond acceptors (Lipinski definition) is 6. The molecule has 0 N–H and O–H groups in total. The molecule has 0 saturated heterocycles. The van der Waals surface area contributed by atoms with Crippen LogP contribution in [0.15, 0.2) is 68.3 Å². The summed E-state index contributed by atoms with van der Waals surface area (Å²) in [7, 11) is 0. The predicted molar refractivity (Wildman–Crippen MR) is 131 cm³/mol. The van der Waals surface area contributed by atoms with E-state index >= 15 is 0 Å². The van der Waals surface area contributed by atoms with Gasteiger partial charge in [-0.05, 0) is 48.1 Å². The van der Waals surface area contributed by atoms with Crippen LogP contribution >= 0.6 is 0 Å². The molecule has 0 spiro atoms. The van der Waals surface area contributed by atoms with Gasteiger partial charge >= 0.3 is 5.63 Å². The number of Topliss-reactive ketones (excluding diaryl/α,β-unsaturated/α-hetero) is 1. The largest absolute Gasteiger partial charge is 0.461 e. The fraction of sp³-hybridized carbons (Fsp3) is 0.241. The molecule has 1 aliphatic carbocycles. The second kappa shape index (κ2) is 9.34. The van der Waals surface area contributed by atoms with Crippen LogP contribution in [0, 0.1) is 39.9 Å². The first-order valence-electron chi connectivity index (χ1n) is 11.1. The van der Waals surface area contributed by atoms with Crippen LogP contribution in [-0.4, -0.2) is 5.78 Å². The molecule has 0 radical (unpaired) electrons. The van der Waals surface area contributed by atoms with E-state index in [1.807, 2.05) is 39.0 Å². The zero-order valence-corrected chi connectivity index (χ0v) is 19.7. The van der Waals surface area contributed by atoms with Crippen molar-refractivity contribution in [2.45, 2.75) is 40.0 Å². The van der Waals surface area contributed by atoms with Crippen molar-refractivity contribution in [1.29, 1.82) is 10.5 Å². The lowest BCUT2D eigenvalue weighted by atomic mass is 9.90. The van der Waals surface area contributed by atoms with Gasteiger partial charge in [-0.1, -0.05) is 32.6 Å². The summed E-state index contributed by atoms with van der Waals surface area (Å²) in [5.74, 6) is 7.14. The quantitative estimate of drug-likeness (QED) is 0.343. The van der Waals surface area contributed by atoms with E-state index in [0.717, 1.165) is 5.56 Å². The van der Waals surface area contributed by atoms with Gasteiger partial charge in [0.2, 0.25) is 0 Å². The van der Waals surface area contributed by atoms with Gasteiger partial charge in [-0.15, -0.1) is 0 Å². The maximum Gasteiger partial charge on any atom is 0.343 e. The lowest BCUT2D eigenvalue weighted by Crippen LogP contribution is -2.15. The number of rotatable bonds is 2. The molecule has 1 aliphatic heterocycles. The van der Waals surface area contributed by atoms with Gasteiger partial charge in [-0.25, -0.2) is 4.79 Å². The van der Waals surface area contributed by atoms with Gasteiger partial charge in [0.25, 0.3) is 0 Å². The minimum Gasteiger partial charge on any atom is -0.461 e. The molecule has 0 atom stereocenters. The van der Waals surface area contributed by atoms with Gasteiger partial charge < -0.3 is 9.15 Å². The number of ketones is 1. The molecule has 1 aromatic heterocycles. The number of hydrogen-bond donors (Lipinski definition) is 0. The van der Waals surface area contributed by atoms with E-state index in [2.05, 4.69) is 11.8 Å². The van der Waals surface area contributed by atoms with Crippen molar-refractivity contribution >= 4 is 22.8 Å². The van der Waals surface area contributed by atoms with Crippen LogP contribution in [0.5, 0.6) is 0 Å². The van der Waals surface area contributed by atoms with E-state index in [0.29, 0.717) is 58.5 Å². The van der Waals surface area contributed by atoms with Gasteiger partial charge in [0.05, 0.1) is 5.56 Å². The number of carbonyl (C=O) groups excluding carboxylic acids is 1. The molecule has 0 amide bonds. The maximum absolute atomic E-state index is 12.7. The Morgan fingerprint density at radius 3 is 2.57 bits per heavy atom. The van der Waals surface area contributed by atoms with Crippen molar-refractivity contribution in [3.63, 3.8) is 0 Å². The number of allylic oxidation sites excluding steroid dienone is 6. The topological polar surface area (TPSA) is 104 Å². The Hall–Kier alpha value is -4.60. The zero-order chi connectivity index (χ0) is 25.2. The van der Waals surface area contributed by atoms with E-state index in [-0.39, 0.29) is 16.8 Å². The van der Waals surface area contributed by atoms with Crippen molar-refractivity contribution in [1.82, 2.24) is 0 Å². The molecule has 2 aliphatic rings. The molecule has 6 heteroatoms. The maximum atomic E-state index is 12.7. The average molecular weight is 463 g/mol. The predicted octanol–water partition coefficient (Wildman–Crippen LogP) is 5.25. The van der Waals surface area contributed by atoms with Crippen LogP contribution in [0.25, 0.3) is 17.0 Å². The third-order valence-corrected chi connectivity index (χ3v) is 5.62. The number of nitrogens with zero attached hydrogens (tertiary/aromatic N) is 2. The Bertz CT molecular complexity index is 1560. The van der Waals surface area contributed by atoms with Gasteiger partial charge in [0.1, 0.15) is 40.6 Å². The highest BCUT2D eigenvalue weighted by Crippen LogP contribution is 2.34. The number of fused-ring (bicyclic) bond motifs is 2. The Morgan fingerprint density at radius 1 is 1.09 bits per heavy atom. The monoisotopic (exact) mass is 462 g/mol. The molecule has 0 bridgehead atoms. The summed E-state index contributed by atoms with van der Waals surface area (Å²) in [6, 6.07) is 9.06. The van der Waals surface area contributed by atoms with Gasteiger partial charge in [-0.3, -0.25) is 4.79 Å². The Labute approximate surface area is 203 Å². The molecule has 0 saturated carbocycles. The number of ether oxygens (including phenoxy) is 1. The smallest absolute Gasteiger partial charge is 0.343 e. The van der Waals surface area contributed by atoms with E-state index in [1.165, 1.54) is 0 Å². The molecule has 6 nitrogen and oxygen atoms in total. The molecule has 4 rings (SSSR count). The third-order valence-electron chi connectivity index (χ3n) is 5.62. The minimum absolute atomic E-state index is 0.0275. The number of nitriles is 2. The average Bonchev–Trinajstić information content (AvgIpc) is 2.80. The van der Waals surface area contributed by atoms with Crippen LogP contribution in [0.3, 0.4) is 0 Å². The van der Waals surface area contributed by atoms with Gasteiger partial charge in [0.15, 0.2) is 0 Å². The van der Waals surface area contributed by atoms with E-state index in [4.69, 9.17) is 9.15 Å². The fourth-order valence-electron chi connectivity index (χ4n) is 3.71. The molecule has 35 heavy (non-hydrogen) atoms. The van der Waals surface area contributed by atoms with Crippen LogP contribution in [0.4, 0.5) is 0 Å². The summed E-state index contributed by atoms with van der Waals surface area (Å²) in [5, 5.41) is 19.3. The highest BCUT2D eigenvalue weighted by atomic mass is 16.5. The highest BCUT2D eigenvalue weighted by molar-refractivity contribution is 5.87. The van der Waals surface area contributed by atoms with E-state index in [1.54, 1.807) is 36.4 Å². The van der Waals surface area contributed by atoms with Crippen molar-refractivity contribution in [3.05, 3.63) is 86.2 Å². The SMILES string of the molecule is CC(C)(C)C1=CC(=C(C#N)C#N)C=C(/C=C/c2cc3cc4c(cc3oc2=O)C#CCCC(=O)C4)O1. The minimum atomic E-state index is -0.530. The van der Waals surface area contributed by atoms with Crippen LogP contribution in [0.2, 0.25) is 0 Å². The summed E-state index contributed by atoms with van der Waals surface area (Å²) in [6.45, 7) is 5.87. The first-order chi connectivity index (χ1) is 16.7. The molecular formula is C29H22N2O4. The number of carbonyl (C=O) groups is 1. The fourth-order valence-corrected chi connectivity index (χ4v) is 3.71. The summed E-state index contributed by atoms with van der Waals surface area (Å²) in [4.78, 5) is 24.8. The summed E-state index contributed by atoms with van der Waals surface area (Å²) in [6.07, 6.45) is 7.69. The third kappa shape index (κ3) is 5.16. The van der Waals surface area contributed by atoms with Crippen LogP contribution < -0.4 is 5.63 Å². The second-order valence-corrected chi connectivity index (χ2v) is 9.35. The highest BCUT2D eigenvalue weighted by Gasteiger charge is 2.24. The van der Waals surface area contributed by atoms with Gasteiger partial charge in [0, 0.05) is 41.2 Å². The Kier molecular flexibility index (Phi) is 6.28. The van der Waals surface area contributed by atoms with Crippen molar-refractivity contribution in [2.75, 3.05) is 0 Å². The van der Waals surface area contributed by atoms with Crippen molar-refractivity contribution in [3.8, 4) is 24.0 Å². The van der Waals surface area contributed by atoms with Gasteiger partial charge in [-0.2, -0.15) is 10.5 Å².